The molecule has 0 saturated carbocycles. The maximum atomic E-state index is 13.6. The Hall–Kier alpha value is -1.68. The zero-order chi connectivity index (χ0) is 12.4. The summed E-state index contributed by atoms with van der Waals surface area (Å²) in [7, 11) is 1.39. The fraction of sp³-hybridized carbons (Fsp3) is 0.0833. The molecule has 1 aromatic carbocycles. The quantitative estimate of drug-likeness (QED) is 0.764. The Morgan fingerprint density at radius 2 is 1.94 bits per heavy atom. The van der Waals surface area contributed by atoms with Crippen LogP contribution < -0.4 is 4.74 Å². The summed E-state index contributed by atoms with van der Waals surface area (Å²) in [6, 6.07) is 5.21. The van der Waals surface area contributed by atoms with Crippen molar-refractivity contribution in [1.29, 1.82) is 0 Å². The van der Waals surface area contributed by atoms with E-state index in [1.54, 1.807) is 0 Å². The molecule has 0 aliphatic carbocycles. The molecular weight excluding hydrogens is 248 g/mol. The highest BCUT2D eigenvalue weighted by molar-refractivity contribution is 6.29. The minimum atomic E-state index is -0.542. The van der Waals surface area contributed by atoms with Gasteiger partial charge in [-0.1, -0.05) is 11.6 Å². The van der Waals surface area contributed by atoms with Crippen LogP contribution in [-0.2, 0) is 0 Å². The van der Waals surface area contributed by atoms with E-state index in [1.165, 1.54) is 31.4 Å². The van der Waals surface area contributed by atoms with Crippen LogP contribution in [0.1, 0.15) is 0 Å². The van der Waals surface area contributed by atoms with Crippen LogP contribution in [0.4, 0.5) is 8.78 Å². The number of halogens is 3. The van der Waals surface area contributed by atoms with Crippen molar-refractivity contribution in [2.24, 2.45) is 0 Å². The highest BCUT2D eigenvalue weighted by Crippen LogP contribution is 2.33. The molecule has 0 amide bonds. The number of ether oxygens (including phenoxy) is 1. The van der Waals surface area contributed by atoms with Crippen molar-refractivity contribution in [2.45, 2.75) is 0 Å². The lowest BCUT2D eigenvalue weighted by Gasteiger charge is -2.09. The molecule has 17 heavy (non-hydrogen) atoms. The SMILES string of the molecule is COc1cc(F)ccc1-c1cc(Cl)ncc1F. The molecule has 5 heteroatoms. The molecule has 0 atom stereocenters. The highest BCUT2D eigenvalue weighted by atomic mass is 35.5. The fourth-order valence-electron chi connectivity index (χ4n) is 1.51. The summed E-state index contributed by atoms with van der Waals surface area (Å²) in [6.45, 7) is 0. The van der Waals surface area contributed by atoms with Gasteiger partial charge in [-0.05, 0) is 18.2 Å². The van der Waals surface area contributed by atoms with E-state index in [2.05, 4.69) is 4.98 Å². The molecule has 1 aromatic heterocycles. The normalized spacial score (nSPS) is 10.4. The summed E-state index contributed by atoms with van der Waals surface area (Å²) in [5.41, 5.74) is 0.651. The van der Waals surface area contributed by atoms with Crippen molar-refractivity contribution in [3.8, 4) is 16.9 Å². The first-order chi connectivity index (χ1) is 8.11. The molecule has 0 N–H and O–H groups in total. The van der Waals surface area contributed by atoms with Crippen molar-refractivity contribution in [2.75, 3.05) is 7.11 Å². The number of nitrogens with zero attached hydrogens (tertiary/aromatic N) is 1. The van der Waals surface area contributed by atoms with Crippen LogP contribution >= 0.6 is 11.6 Å². The first kappa shape index (κ1) is 11.8. The van der Waals surface area contributed by atoms with E-state index in [-0.39, 0.29) is 16.5 Å². The second-order valence-corrected chi connectivity index (χ2v) is 3.72. The molecule has 2 aromatic rings. The van der Waals surface area contributed by atoms with E-state index >= 15 is 0 Å². The number of pyridine rings is 1. The third kappa shape index (κ3) is 2.36. The van der Waals surface area contributed by atoms with Crippen molar-refractivity contribution in [3.05, 3.63) is 47.2 Å². The van der Waals surface area contributed by atoms with Crippen molar-refractivity contribution in [3.63, 3.8) is 0 Å². The number of methoxy groups -OCH3 is 1. The number of hydrogen-bond acceptors (Lipinski definition) is 2. The number of rotatable bonds is 2. The van der Waals surface area contributed by atoms with E-state index in [0.717, 1.165) is 6.20 Å². The van der Waals surface area contributed by atoms with Crippen LogP contribution in [0.5, 0.6) is 5.75 Å². The summed E-state index contributed by atoms with van der Waals surface area (Å²) in [4.78, 5) is 3.61. The second kappa shape index (κ2) is 4.67. The predicted molar refractivity (Wildman–Crippen MR) is 61.2 cm³/mol. The Morgan fingerprint density at radius 1 is 1.18 bits per heavy atom. The van der Waals surface area contributed by atoms with Crippen molar-refractivity contribution >= 4 is 11.6 Å². The third-order valence-electron chi connectivity index (χ3n) is 2.28. The molecule has 0 radical (unpaired) electrons. The van der Waals surface area contributed by atoms with E-state index in [0.29, 0.717) is 5.56 Å². The molecule has 0 aliphatic heterocycles. The number of hydrogen-bond donors (Lipinski definition) is 0. The summed E-state index contributed by atoms with van der Waals surface area (Å²) in [6.07, 6.45) is 1.01. The van der Waals surface area contributed by atoms with Crippen LogP contribution in [0.3, 0.4) is 0 Å². The summed E-state index contributed by atoms with van der Waals surface area (Å²) >= 11 is 5.70. The standard InChI is InChI=1S/C12H8ClF2NO/c1-17-11-4-7(14)2-3-8(11)9-5-12(13)16-6-10(9)15/h2-6H,1H3. The van der Waals surface area contributed by atoms with Gasteiger partial charge in [-0.3, -0.25) is 0 Å². The van der Waals surface area contributed by atoms with Gasteiger partial charge in [0.15, 0.2) is 0 Å². The monoisotopic (exact) mass is 255 g/mol. The van der Waals surface area contributed by atoms with Gasteiger partial charge in [0.2, 0.25) is 0 Å². The Labute approximate surface area is 102 Å². The fourth-order valence-corrected chi connectivity index (χ4v) is 1.67. The summed E-state index contributed by atoms with van der Waals surface area (Å²) in [5, 5.41) is 0.160. The molecular formula is C12H8ClF2NO. The third-order valence-corrected chi connectivity index (χ3v) is 2.48. The van der Waals surface area contributed by atoms with Gasteiger partial charge < -0.3 is 4.74 Å². The van der Waals surface area contributed by atoms with Gasteiger partial charge in [0.1, 0.15) is 22.5 Å². The van der Waals surface area contributed by atoms with Gasteiger partial charge in [-0.15, -0.1) is 0 Å². The van der Waals surface area contributed by atoms with Gasteiger partial charge in [-0.2, -0.15) is 0 Å². The molecule has 88 valence electrons. The molecule has 0 spiro atoms. The van der Waals surface area contributed by atoms with Crippen LogP contribution in [0.2, 0.25) is 5.15 Å². The maximum Gasteiger partial charge on any atom is 0.149 e. The second-order valence-electron chi connectivity index (χ2n) is 3.33. The summed E-state index contributed by atoms with van der Waals surface area (Å²) < 4.78 is 31.6. The zero-order valence-electron chi connectivity index (χ0n) is 8.88. The van der Waals surface area contributed by atoms with E-state index in [4.69, 9.17) is 16.3 Å². The molecule has 0 saturated heterocycles. The molecule has 0 aliphatic rings. The Balaban J connectivity index is 2.63. The van der Waals surface area contributed by atoms with Gasteiger partial charge >= 0.3 is 0 Å². The van der Waals surface area contributed by atoms with Crippen LogP contribution in [-0.4, -0.2) is 12.1 Å². The first-order valence-corrected chi connectivity index (χ1v) is 5.14. The Kier molecular flexibility index (Phi) is 3.24. The number of aromatic nitrogens is 1. The molecule has 0 fully saturated rings. The molecule has 0 unspecified atom stereocenters. The zero-order valence-corrected chi connectivity index (χ0v) is 9.63. The number of benzene rings is 1. The lowest BCUT2D eigenvalue weighted by Crippen LogP contribution is -1.92. The van der Waals surface area contributed by atoms with Gasteiger partial charge in [-0.25, -0.2) is 13.8 Å². The van der Waals surface area contributed by atoms with E-state index < -0.39 is 11.6 Å². The van der Waals surface area contributed by atoms with Crippen molar-refractivity contribution < 1.29 is 13.5 Å². The van der Waals surface area contributed by atoms with Gasteiger partial charge in [0, 0.05) is 17.2 Å². The first-order valence-electron chi connectivity index (χ1n) is 4.77. The van der Waals surface area contributed by atoms with Gasteiger partial charge in [0.25, 0.3) is 0 Å². The largest absolute Gasteiger partial charge is 0.496 e. The topological polar surface area (TPSA) is 22.1 Å². The predicted octanol–water partition coefficient (Wildman–Crippen LogP) is 3.69. The van der Waals surface area contributed by atoms with Crippen molar-refractivity contribution in [1.82, 2.24) is 4.98 Å². The molecule has 1 heterocycles. The average molecular weight is 256 g/mol. The average Bonchev–Trinajstić information content (AvgIpc) is 2.32. The summed E-state index contributed by atoms with van der Waals surface area (Å²) in [5.74, 6) is -0.753. The Morgan fingerprint density at radius 3 is 2.65 bits per heavy atom. The van der Waals surface area contributed by atoms with E-state index in [9.17, 15) is 8.78 Å². The van der Waals surface area contributed by atoms with E-state index in [1.807, 2.05) is 0 Å². The minimum Gasteiger partial charge on any atom is -0.496 e. The van der Waals surface area contributed by atoms with Gasteiger partial charge in [0.05, 0.1) is 13.3 Å². The molecule has 2 rings (SSSR count). The van der Waals surface area contributed by atoms with Crippen LogP contribution in [0.25, 0.3) is 11.1 Å². The Bertz CT molecular complexity index is 560. The van der Waals surface area contributed by atoms with Crippen LogP contribution in [0, 0.1) is 11.6 Å². The highest BCUT2D eigenvalue weighted by Gasteiger charge is 2.12. The molecule has 2 nitrogen and oxygen atoms in total. The minimum absolute atomic E-state index is 0.160. The smallest absolute Gasteiger partial charge is 0.149 e. The van der Waals surface area contributed by atoms with Crippen LogP contribution in [0.15, 0.2) is 30.5 Å². The molecule has 0 bridgehead atoms. The maximum absolute atomic E-state index is 13.6. The lowest BCUT2D eigenvalue weighted by molar-refractivity contribution is 0.412. The lowest BCUT2D eigenvalue weighted by atomic mass is 10.1.